The number of ether oxygens (including phenoxy) is 1. The molecule has 3 unspecified atom stereocenters. The first-order chi connectivity index (χ1) is 40.4. The summed E-state index contributed by atoms with van der Waals surface area (Å²) in [4.78, 5) is 40.1. The van der Waals surface area contributed by atoms with Gasteiger partial charge in [0.15, 0.2) is 0 Å². The van der Waals surface area contributed by atoms with Gasteiger partial charge in [-0.2, -0.15) is 0 Å². The number of rotatable bonds is 61. The van der Waals surface area contributed by atoms with Gasteiger partial charge in [0.05, 0.1) is 33.8 Å². The van der Waals surface area contributed by atoms with Crippen molar-refractivity contribution in [2.45, 2.75) is 303 Å². The van der Waals surface area contributed by atoms with Gasteiger partial charge >= 0.3 is 5.97 Å². The predicted molar refractivity (Wildman–Crippen MR) is 357 cm³/mol. The second-order valence-electron chi connectivity index (χ2n) is 24.0. The first-order valence-electron chi connectivity index (χ1n) is 34.2. The number of hydrogen-bond acceptors (Lipinski definition) is 7. The van der Waals surface area contributed by atoms with Crippen molar-refractivity contribution in [3.05, 3.63) is 109 Å². The summed E-state index contributed by atoms with van der Waals surface area (Å²) in [6.07, 6.45) is 85.0. The van der Waals surface area contributed by atoms with Crippen LogP contribution < -0.4 is 10.2 Å². The monoisotopic (exact) mass is 1180 g/mol. The molecule has 0 aliphatic heterocycles. The number of likely N-dealkylation sites (N-methyl/N-ethyl adjacent to an activating group) is 1. The van der Waals surface area contributed by atoms with Gasteiger partial charge in [-0.15, -0.1) is 0 Å². The highest BCUT2D eigenvalue weighted by Crippen LogP contribution is 2.38. The number of esters is 1. The Kier molecular flexibility index (Phi) is 59.3. The Hall–Kier alpha value is -3.33. The fourth-order valence-corrected chi connectivity index (χ4v) is 10.1. The molecule has 478 valence electrons. The molecule has 83 heavy (non-hydrogen) atoms. The number of phosphoric ester groups is 1. The summed E-state index contributed by atoms with van der Waals surface area (Å²) in [5.74, 6) is -0.611. The average molecular weight is 1180 g/mol. The third-order valence-corrected chi connectivity index (χ3v) is 15.6. The zero-order valence-corrected chi connectivity index (χ0v) is 55.5. The Balaban J connectivity index is 5.19. The van der Waals surface area contributed by atoms with Crippen molar-refractivity contribution in [2.75, 3.05) is 40.9 Å². The maximum absolute atomic E-state index is 13.5. The average Bonchev–Trinajstić information content (AvgIpc) is 3.47. The standard InChI is InChI=1S/C73H129N2O7P/c1-7-10-13-16-19-22-25-28-30-32-33-34-35-36-37-38-39-40-41-43-45-48-51-54-57-60-63-66-73(77)82-71(64-61-58-55-52-49-46-27-24-21-18-15-12-9-3)70(69-81-83(78,79)80-68-67-75(4,5)6)74-72(76)65-62-59-56-53-50-47-44-42-31-29-26-23-20-17-14-11-8-2/h19-20,22-23,28-31,33-34,36-37,44,47,53,56,61,64,70-71H,7-18,21,24-27,32,35,38-43,45-46,48-52,54-55,57-60,62-63,65-69H2,1-6H3,(H-,74,76,78,79)/b22-19-,23-20-,30-28-,31-29-,34-33-,37-36-,47-44-,56-53-,64-61-. The highest BCUT2D eigenvalue weighted by Gasteiger charge is 2.27. The fraction of sp³-hybridized carbons (Fsp3) is 0.726. The van der Waals surface area contributed by atoms with Gasteiger partial charge in [0, 0.05) is 12.8 Å². The molecule has 0 heterocycles. The Morgan fingerprint density at radius 1 is 0.422 bits per heavy atom. The lowest BCUT2D eigenvalue weighted by molar-refractivity contribution is -0.870. The van der Waals surface area contributed by atoms with Crippen LogP contribution in [-0.4, -0.2) is 69.4 Å². The molecule has 3 atom stereocenters. The van der Waals surface area contributed by atoms with Crippen LogP contribution in [0.5, 0.6) is 0 Å². The first-order valence-corrected chi connectivity index (χ1v) is 35.7. The van der Waals surface area contributed by atoms with E-state index in [1.807, 2.05) is 33.3 Å². The Labute approximate surface area is 512 Å². The van der Waals surface area contributed by atoms with E-state index in [0.717, 1.165) is 83.5 Å². The van der Waals surface area contributed by atoms with Crippen LogP contribution in [0.3, 0.4) is 0 Å². The molecular weight excluding hydrogens is 1050 g/mol. The summed E-state index contributed by atoms with van der Waals surface area (Å²) in [7, 11) is 1.14. The number of unbranched alkanes of at least 4 members (excludes halogenated alkanes) is 29. The normalized spacial score (nSPS) is 14.3. The molecule has 0 saturated heterocycles. The predicted octanol–water partition coefficient (Wildman–Crippen LogP) is 21.0. The van der Waals surface area contributed by atoms with E-state index in [1.54, 1.807) is 0 Å². The van der Waals surface area contributed by atoms with Crippen molar-refractivity contribution in [3.63, 3.8) is 0 Å². The smallest absolute Gasteiger partial charge is 0.306 e. The summed E-state index contributed by atoms with van der Waals surface area (Å²) in [5.41, 5.74) is 0. The number of amides is 1. The number of phosphoric acid groups is 1. The number of carbonyl (C=O) groups excluding carboxylic acids is 2. The third kappa shape index (κ3) is 63.0. The van der Waals surface area contributed by atoms with Crippen LogP contribution in [0, 0.1) is 0 Å². The maximum atomic E-state index is 13.5. The summed E-state index contributed by atoms with van der Waals surface area (Å²) < 4.78 is 30.4. The van der Waals surface area contributed by atoms with Crippen molar-refractivity contribution < 1.29 is 37.3 Å². The van der Waals surface area contributed by atoms with Crippen LogP contribution in [0.1, 0.15) is 290 Å². The molecule has 0 saturated carbocycles. The molecule has 1 amide bonds. The van der Waals surface area contributed by atoms with Crippen LogP contribution in [0.15, 0.2) is 109 Å². The van der Waals surface area contributed by atoms with E-state index in [9.17, 15) is 19.0 Å². The first kappa shape index (κ1) is 79.7. The highest BCUT2D eigenvalue weighted by atomic mass is 31.2. The minimum atomic E-state index is -4.72. The molecule has 0 aliphatic carbocycles. The van der Waals surface area contributed by atoms with Crippen LogP contribution in [0.2, 0.25) is 0 Å². The van der Waals surface area contributed by atoms with Crippen molar-refractivity contribution in [1.29, 1.82) is 0 Å². The molecule has 10 heteroatoms. The highest BCUT2D eigenvalue weighted by molar-refractivity contribution is 7.45. The van der Waals surface area contributed by atoms with Gasteiger partial charge in [0.25, 0.3) is 7.82 Å². The van der Waals surface area contributed by atoms with Crippen LogP contribution in [0.4, 0.5) is 0 Å². The van der Waals surface area contributed by atoms with Crippen molar-refractivity contribution in [1.82, 2.24) is 5.32 Å². The number of hydrogen-bond donors (Lipinski definition) is 1. The lowest BCUT2D eigenvalue weighted by Gasteiger charge is -2.30. The van der Waals surface area contributed by atoms with Gasteiger partial charge in [-0.3, -0.25) is 14.2 Å². The van der Waals surface area contributed by atoms with Gasteiger partial charge in [-0.1, -0.05) is 272 Å². The second-order valence-corrected chi connectivity index (χ2v) is 25.4. The van der Waals surface area contributed by atoms with Crippen molar-refractivity contribution in [2.24, 2.45) is 0 Å². The van der Waals surface area contributed by atoms with E-state index < -0.39 is 26.6 Å². The Morgan fingerprint density at radius 2 is 0.747 bits per heavy atom. The van der Waals surface area contributed by atoms with E-state index in [2.05, 4.69) is 123 Å². The number of quaternary nitrogens is 1. The Morgan fingerprint density at radius 3 is 1.14 bits per heavy atom. The molecule has 0 radical (unpaired) electrons. The topological polar surface area (TPSA) is 114 Å². The molecule has 0 bridgehead atoms. The second kappa shape index (κ2) is 61.7. The molecule has 0 aromatic heterocycles. The van der Waals surface area contributed by atoms with Gasteiger partial charge in [0.1, 0.15) is 19.3 Å². The molecule has 0 spiro atoms. The largest absolute Gasteiger partial charge is 0.756 e. The molecule has 9 nitrogen and oxygen atoms in total. The molecule has 0 aliphatic rings. The SMILES string of the molecule is CCCCC/C=C\C/C=C\C/C=C\C/C=C\CCCCCCCCCCCCCC(=O)OC(/C=C\CCCCCCCCCCCCC)C(COP(=O)([O-])OCC[N+](C)(C)C)NC(=O)CCC/C=C\C/C=C\C/C=C\C/C=C\CCCCC. The zero-order valence-electron chi connectivity index (χ0n) is 54.6. The summed E-state index contributed by atoms with van der Waals surface area (Å²) in [6.45, 7) is 6.75. The van der Waals surface area contributed by atoms with Crippen molar-refractivity contribution >= 4 is 19.7 Å². The lowest BCUT2D eigenvalue weighted by Crippen LogP contribution is -2.47. The minimum absolute atomic E-state index is 0.0374. The number of nitrogens with one attached hydrogen (secondary N) is 1. The summed E-state index contributed by atoms with van der Waals surface area (Å²) >= 11 is 0. The van der Waals surface area contributed by atoms with Gasteiger partial charge in [0.2, 0.25) is 5.91 Å². The van der Waals surface area contributed by atoms with Gasteiger partial charge < -0.3 is 28.5 Å². The lowest BCUT2D eigenvalue weighted by atomic mass is 10.0. The van der Waals surface area contributed by atoms with Gasteiger partial charge in [-0.25, -0.2) is 0 Å². The molecular formula is C73H129N2O7P. The summed E-state index contributed by atoms with van der Waals surface area (Å²) in [6, 6.07) is -0.925. The van der Waals surface area contributed by atoms with E-state index >= 15 is 0 Å². The van der Waals surface area contributed by atoms with Crippen LogP contribution >= 0.6 is 7.82 Å². The molecule has 0 aromatic carbocycles. The zero-order chi connectivity index (χ0) is 60.7. The van der Waals surface area contributed by atoms with E-state index in [1.165, 1.54) is 161 Å². The Bertz CT molecular complexity index is 1790. The van der Waals surface area contributed by atoms with Crippen molar-refractivity contribution in [3.8, 4) is 0 Å². The summed E-state index contributed by atoms with van der Waals surface area (Å²) in [5, 5.41) is 3.00. The molecule has 0 rings (SSSR count). The molecule has 0 aromatic rings. The third-order valence-electron chi connectivity index (χ3n) is 14.7. The quantitative estimate of drug-likeness (QED) is 0.0212. The van der Waals surface area contributed by atoms with Crippen LogP contribution in [-0.2, 0) is 27.9 Å². The van der Waals surface area contributed by atoms with Gasteiger partial charge in [-0.05, 0) is 115 Å². The van der Waals surface area contributed by atoms with E-state index in [4.69, 9.17) is 13.8 Å². The van der Waals surface area contributed by atoms with Crippen LogP contribution in [0.25, 0.3) is 0 Å². The molecule has 1 N–H and O–H groups in total. The molecule has 0 fully saturated rings. The fourth-order valence-electron chi connectivity index (χ4n) is 9.38. The number of carbonyl (C=O) groups is 2. The number of allylic oxidation sites excluding steroid dienone is 17. The maximum Gasteiger partial charge on any atom is 0.306 e. The van der Waals surface area contributed by atoms with E-state index in [-0.39, 0.29) is 31.3 Å². The number of nitrogens with zero attached hydrogens (tertiary/aromatic N) is 1. The minimum Gasteiger partial charge on any atom is -0.756 e. The van der Waals surface area contributed by atoms with E-state index in [0.29, 0.717) is 23.9 Å².